The van der Waals surface area contributed by atoms with E-state index in [1.807, 2.05) is 18.2 Å². The average molecular weight is 356 g/mol. The van der Waals surface area contributed by atoms with Crippen LogP contribution in [-0.4, -0.2) is 24.5 Å². The Morgan fingerprint density at radius 3 is 2.76 bits per heavy atom. The molecular formula is C17H11ClFN5O. The molecule has 2 aromatic carbocycles. The lowest BCUT2D eigenvalue weighted by Gasteiger charge is -2.07. The second-order valence-corrected chi connectivity index (χ2v) is 5.83. The van der Waals surface area contributed by atoms with Crippen LogP contribution in [0, 0.1) is 5.82 Å². The van der Waals surface area contributed by atoms with Crippen molar-refractivity contribution in [1.82, 2.24) is 24.5 Å². The third-order valence-corrected chi connectivity index (χ3v) is 4.15. The van der Waals surface area contributed by atoms with Gasteiger partial charge in [0.1, 0.15) is 12.1 Å². The van der Waals surface area contributed by atoms with Crippen molar-refractivity contribution < 1.29 is 4.39 Å². The second kappa shape index (κ2) is 6.10. The Hall–Kier alpha value is -3.06. The van der Waals surface area contributed by atoms with E-state index in [1.54, 1.807) is 18.2 Å². The number of halogens is 2. The number of benzene rings is 2. The maximum atomic E-state index is 13.4. The van der Waals surface area contributed by atoms with Crippen LogP contribution in [0.4, 0.5) is 4.39 Å². The summed E-state index contributed by atoms with van der Waals surface area (Å²) in [5.74, 6) is -0.409. The zero-order valence-corrected chi connectivity index (χ0v) is 13.6. The molecule has 0 unspecified atom stereocenters. The van der Waals surface area contributed by atoms with Crippen molar-refractivity contribution in [3.63, 3.8) is 0 Å². The Balaban J connectivity index is 1.80. The van der Waals surface area contributed by atoms with Crippen LogP contribution in [0.2, 0.25) is 5.02 Å². The van der Waals surface area contributed by atoms with Crippen molar-refractivity contribution in [2.24, 2.45) is 0 Å². The average Bonchev–Trinajstić information content (AvgIpc) is 3.04. The molecule has 4 aromatic rings. The SMILES string of the molecule is O=c1c2nnn(-c3cccc(F)c3)c2ncn1Cc1ccccc1Cl. The van der Waals surface area contributed by atoms with Crippen LogP contribution in [-0.2, 0) is 6.54 Å². The molecule has 0 amide bonds. The highest BCUT2D eigenvalue weighted by molar-refractivity contribution is 6.31. The quantitative estimate of drug-likeness (QED) is 0.567. The van der Waals surface area contributed by atoms with Gasteiger partial charge in [0.2, 0.25) is 0 Å². The first-order valence-corrected chi connectivity index (χ1v) is 7.81. The van der Waals surface area contributed by atoms with Crippen molar-refractivity contribution in [2.45, 2.75) is 6.54 Å². The molecule has 25 heavy (non-hydrogen) atoms. The van der Waals surface area contributed by atoms with E-state index in [0.29, 0.717) is 10.7 Å². The van der Waals surface area contributed by atoms with Gasteiger partial charge in [-0.15, -0.1) is 5.10 Å². The zero-order valence-electron chi connectivity index (χ0n) is 12.8. The van der Waals surface area contributed by atoms with Gasteiger partial charge in [-0.2, -0.15) is 4.68 Å². The molecule has 6 nitrogen and oxygen atoms in total. The molecule has 0 atom stereocenters. The van der Waals surface area contributed by atoms with E-state index in [9.17, 15) is 9.18 Å². The van der Waals surface area contributed by atoms with E-state index < -0.39 is 5.82 Å². The summed E-state index contributed by atoms with van der Waals surface area (Å²) >= 11 is 6.14. The Morgan fingerprint density at radius 2 is 1.96 bits per heavy atom. The fourth-order valence-corrected chi connectivity index (χ4v) is 2.74. The van der Waals surface area contributed by atoms with Gasteiger partial charge in [0.25, 0.3) is 5.56 Å². The number of hydrogen-bond acceptors (Lipinski definition) is 4. The number of aromatic nitrogens is 5. The predicted octanol–water partition coefficient (Wildman–Crippen LogP) is 2.82. The molecule has 4 rings (SSSR count). The van der Waals surface area contributed by atoms with E-state index in [4.69, 9.17) is 11.6 Å². The monoisotopic (exact) mass is 355 g/mol. The van der Waals surface area contributed by atoms with Crippen LogP contribution in [0.15, 0.2) is 59.7 Å². The molecule has 2 heterocycles. The molecule has 0 bridgehead atoms. The van der Waals surface area contributed by atoms with Crippen molar-refractivity contribution in [3.05, 3.63) is 81.6 Å². The van der Waals surface area contributed by atoms with E-state index in [1.165, 1.54) is 27.7 Å². The zero-order chi connectivity index (χ0) is 17.4. The molecule has 0 aliphatic rings. The van der Waals surface area contributed by atoms with Crippen LogP contribution in [0.5, 0.6) is 0 Å². The predicted molar refractivity (Wildman–Crippen MR) is 91.4 cm³/mol. The number of nitrogens with zero attached hydrogens (tertiary/aromatic N) is 5. The maximum absolute atomic E-state index is 13.4. The third kappa shape index (κ3) is 2.78. The van der Waals surface area contributed by atoms with Crippen molar-refractivity contribution in [2.75, 3.05) is 0 Å². The van der Waals surface area contributed by atoms with Gasteiger partial charge in [-0.25, -0.2) is 9.37 Å². The largest absolute Gasteiger partial charge is 0.293 e. The van der Waals surface area contributed by atoms with Crippen molar-refractivity contribution in [1.29, 1.82) is 0 Å². The van der Waals surface area contributed by atoms with Gasteiger partial charge in [-0.3, -0.25) is 9.36 Å². The van der Waals surface area contributed by atoms with Gasteiger partial charge < -0.3 is 0 Å². The molecule has 0 fully saturated rings. The van der Waals surface area contributed by atoms with Crippen LogP contribution in [0.1, 0.15) is 5.56 Å². The molecule has 0 radical (unpaired) electrons. The summed E-state index contributed by atoms with van der Waals surface area (Å²) in [7, 11) is 0. The van der Waals surface area contributed by atoms with Crippen LogP contribution < -0.4 is 5.56 Å². The summed E-state index contributed by atoms with van der Waals surface area (Å²) in [5.41, 5.74) is 1.28. The second-order valence-electron chi connectivity index (χ2n) is 5.42. The lowest BCUT2D eigenvalue weighted by molar-refractivity contribution is 0.625. The third-order valence-electron chi connectivity index (χ3n) is 3.78. The van der Waals surface area contributed by atoms with Crippen LogP contribution >= 0.6 is 11.6 Å². The first-order valence-electron chi connectivity index (χ1n) is 7.44. The molecule has 0 spiro atoms. The van der Waals surface area contributed by atoms with Crippen LogP contribution in [0.25, 0.3) is 16.9 Å². The Labute approximate surface area is 146 Å². The smallest absolute Gasteiger partial charge is 0.283 e. The molecule has 0 saturated carbocycles. The maximum Gasteiger partial charge on any atom is 0.283 e. The first kappa shape index (κ1) is 15.5. The topological polar surface area (TPSA) is 65.6 Å². The molecule has 8 heteroatoms. The fourth-order valence-electron chi connectivity index (χ4n) is 2.55. The summed E-state index contributed by atoms with van der Waals surface area (Å²) in [6.45, 7) is 0.272. The van der Waals surface area contributed by atoms with E-state index in [2.05, 4.69) is 15.3 Å². The highest BCUT2D eigenvalue weighted by Crippen LogP contribution is 2.16. The molecular weight excluding hydrogens is 345 g/mol. The Morgan fingerprint density at radius 1 is 1.12 bits per heavy atom. The fraction of sp³-hybridized carbons (Fsp3) is 0.0588. The highest BCUT2D eigenvalue weighted by atomic mass is 35.5. The van der Waals surface area contributed by atoms with Crippen LogP contribution in [0.3, 0.4) is 0 Å². The van der Waals surface area contributed by atoms with Gasteiger partial charge >= 0.3 is 0 Å². The number of hydrogen-bond donors (Lipinski definition) is 0. The molecule has 2 aromatic heterocycles. The lowest BCUT2D eigenvalue weighted by Crippen LogP contribution is -2.21. The minimum atomic E-state index is -0.409. The van der Waals surface area contributed by atoms with E-state index >= 15 is 0 Å². The van der Waals surface area contributed by atoms with E-state index in [-0.39, 0.29) is 23.3 Å². The minimum Gasteiger partial charge on any atom is -0.293 e. The summed E-state index contributed by atoms with van der Waals surface area (Å²) in [6, 6.07) is 13.1. The summed E-state index contributed by atoms with van der Waals surface area (Å²) in [5, 5.41) is 8.41. The molecule has 124 valence electrons. The van der Waals surface area contributed by atoms with Crippen molar-refractivity contribution in [3.8, 4) is 5.69 Å². The van der Waals surface area contributed by atoms with Gasteiger partial charge in [-0.05, 0) is 29.8 Å². The standard InChI is InChI=1S/C17H11ClFN5O/c18-14-7-2-1-4-11(14)9-23-10-20-16-15(17(23)25)21-22-24(16)13-6-3-5-12(19)8-13/h1-8,10H,9H2. The number of fused-ring (bicyclic) bond motifs is 1. The van der Waals surface area contributed by atoms with E-state index in [0.717, 1.165) is 5.56 Å². The molecule has 0 aliphatic carbocycles. The Bertz CT molecular complexity index is 1140. The highest BCUT2D eigenvalue weighted by Gasteiger charge is 2.14. The minimum absolute atomic E-state index is 0.110. The number of rotatable bonds is 3. The van der Waals surface area contributed by atoms with Gasteiger partial charge in [0, 0.05) is 5.02 Å². The Kier molecular flexibility index (Phi) is 3.77. The normalized spacial score (nSPS) is 11.1. The summed E-state index contributed by atoms with van der Waals surface area (Å²) in [4.78, 5) is 16.9. The van der Waals surface area contributed by atoms with Gasteiger partial charge in [-0.1, -0.05) is 41.1 Å². The lowest BCUT2D eigenvalue weighted by atomic mass is 10.2. The summed E-state index contributed by atoms with van der Waals surface area (Å²) in [6.07, 6.45) is 1.41. The van der Waals surface area contributed by atoms with Gasteiger partial charge in [0.15, 0.2) is 11.2 Å². The summed E-state index contributed by atoms with van der Waals surface area (Å²) < 4.78 is 16.2. The first-order chi connectivity index (χ1) is 12.1. The molecule has 0 N–H and O–H groups in total. The van der Waals surface area contributed by atoms with Crippen molar-refractivity contribution >= 4 is 22.8 Å². The molecule has 0 saturated heterocycles. The molecule has 0 aliphatic heterocycles. The van der Waals surface area contributed by atoms with Gasteiger partial charge in [0.05, 0.1) is 12.2 Å².